The Morgan fingerprint density at radius 3 is 1.23 bits per heavy atom. The standard InChI is InChI=1S/C15H28.C15H16.C12H24.C8H10.C2H6.CH4/c2*1-12-3-7-14(8-4-12)11-15-9-5-13(2)6-10-15;1-6-12(5)8-10(2)7-11(3,4)9-12;1-7-5-3-4-6-8(7)2;1-2;/h12-15H,3-11H2,1-2H3;3-10H,11H2,1-2H3;10H,6-9H2,1-5H3;3-6H,1-2H3;1-2H3;1H4. The fourth-order valence-electron chi connectivity index (χ4n) is 9.34. The average molecular weight is 725 g/mol. The van der Waals surface area contributed by atoms with E-state index in [1.807, 2.05) is 13.8 Å². The van der Waals surface area contributed by atoms with Crippen LogP contribution >= 0.6 is 0 Å². The van der Waals surface area contributed by atoms with E-state index in [0.717, 1.165) is 36.0 Å². The molecule has 0 heterocycles. The molecule has 0 nitrogen and oxygen atoms in total. The second-order valence-electron chi connectivity index (χ2n) is 18.7. The largest absolute Gasteiger partial charge is 0.0776 e. The molecule has 2 atom stereocenters. The number of aryl methyl sites for hydroxylation is 4. The summed E-state index contributed by atoms with van der Waals surface area (Å²) >= 11 is 0. The van der Waals surface area contributed by atoms with Crippen molar-refractivity contribution in [3.8, 4) is 0 Å². The Morgan fingerprint density at radius 1 is 0.528 bits per heavy atom. The minimum atomic E-state index is 0. The monoisotopic (exact) mass is 725 g/mol. The van der Waals surface area contributed by atoms with E-state index >= 15 is 0 Å². The molecular formula is C53H88. The van der Waals surface area contributed by atoms with Crippen molar-refractivity contribution in [2.24, 2.45) is 40.4 Å². The normalized spacial score (nSPS) is 25.9. The summed E-state index contributed by atoms with van der Waals surface area (Å²) in [4.78, 5) is 0. The molecule has 53 heavy (non-hydrogen) atoms. The first-order valence-corrected chi connectivity index (χ1v) is 21.8. The molecule has 0 amide bonds. The summed E-state index contributed by atoms with van der Waals surface area (Å²) in [6.07, 6.45) is 20.4. The van der Waals surface area contributed by atoms with Gasteiger partial charge in [0.1, 0.15) is 0 Å². The third-order valence-electron chi connectivity index (χ3n) is 12.5. The molecule has 0 saturated heterocycles. The van der Waals surface area contributed by atoms with Crippen LogP contribution in [0, 0.1) is 68.1 Å². The summed E-state index contributed by atoms with van der Waals surface area (Å²) in [5.74, 6) is 5.16. The predicted octanol–water partition coefficient (Wildman–Crippen LogP) is 17.1. The van der Waals surface area contributed by atoms with Crippen molar-refractivity contribution in [2.75, 3.05) is 0 Å². The second-order valence-corrected chi connectivity index (χ2v) is 18.7. The topological polar surface area (TPSA) is 0 Å². The summed E-state index contributed by atoms with van der Waals surface area (Å²) < 4.78 is 0. The van der Waals surface area contributed by atoms with Crippen molar-refractivity contribution in [3.63, 3.8) is 0 Å². The highest BCUT2D eigenvalue weighted by Gasteiger charge is 2.38. The summed E-state index contributed by atoms with van der Waals surface area (Å²) in [6.45, 7) is 29.4. The quantitative estimate of drug-likeness (QED) is 0.246. The van der Waals surface area contributed by atoms with Crippen LogP contribution in [0.4, 0.5) is 0 Å². The molecule has 0 N–H and O–H groups in total. The van der Waals surface area contributed by atoms with Gasteiger partial charge in [-0.2, -0.15) is 0 Å². The van der Waals surface area contributed by atoms with Gasteiger partial charge in [-0.05, 0) is 122 Å². The Morgan fingerprint density at radius 2 is 0.906 bits per heavy atom. The van der Waals surface area contributed by atoms with E-state index in [1.165, 1.54) is 110 Å². The molecule has 0 spiro atoms. The lowest BCUT2D eigenvalue weighted by atomic mass is 9.60. The van der Waals surface area contributed by atoms with Crippen LogP contribution in [-0.2, 0) is 6.42 Å². The molecule has 300 valence electrons. The Balaban J connectivity index is 0.000000353. The van der Waals surface area contributed by atoms with Gasteiger partial charge in [0, 0.05) is 0 Å². The molecule has 2 unspecified atom stereocenters. The highest BCUT2D eigenvalue weighted by atomic mass is 14.4. The van der Waals surface area contributed by atoms with E-state index in [1.54, 1.807) is 6.42 Å². The number of hydrogen-bond acceptors (Lipinski definition) is 0. The van der Waals surface area contributed by atoms with Crippen LogP contribution in [0.3, 0.4) is 0 Å². The van der Waals surface area contributed by atoms with Gasteiger partial charge >= 0.3 is 0 Å². The Hall–Kier alpha value is -2.34. The number of benzene rings is 3. The van der Waals surface area contributed by atoms with E-state index in [0.29, 0.717) is 10.8 Å². The zero-order valence-corrected chi connectivity index (χ0v) is 36.7. The maximum Gasteiger partial charge on any atom is -0.00258 e. The molecule has 0 aromatic heterocycles. The lowest BCUT2D eigenvalue weighted by molar-refractivity contribution is 0.0582. The summed E-state index contributed by atoms with van der Waals surface area (Å²) in [5, 5.41) is 0. The van der Waals surface area contributed by atoms with Gasteiger partial charge in [-0.15, -0.1) is 0 Å². The van der Waals surface area contributed by atoms with E-state index in [2.05, 4.69) is 149 Å². The van der Waals surface area contributed by atoms with E-state index in [4.69, 9.17) is 0 Å². The molecule has 0 bridgehead atoms. The minimum absolute atomic E-state index is 0. The third-order valence-corrected chi connectivity index (χ3v) is 12.5. The van der Waals surface area contributed by atoms with Gasteiger partial charge in [0.25, 0.3) is 0 Å². The van der Waals surface area contributed by atoms with Gasteiger partial charge in [-0.1, -0.05) is 211 Å². The zero-order chi connectivity index (χ0) is 38.7. The van der Waals surface area contributed by atoms with Crippen molar-refractivity contribution < 1.29 is 0 Å². The highest BCUT2D eigenvalue weighted by molar-refractivity contribution is 5.29. The van der Waals surface area contributed by atoms with Crippen LogP contribution in [0.2, 0.25) is 0 Å². The molecule has 0 aliphatic heterocycles. The summed E-state index contributed by atoms with van der Waals surface area (Å²) in [6, 6.07) is 25.9. The fourth-order valence-corrected chi connectivity index (χ4v) is 9.34. The van der Waals surface area contributed by atoms with Gasteiger partial charge in [-0.3, -0.25) is 0 Å². The van der Waals surface area contributed by atoms with Crippen molar-refractivity contribution in [2.45, 2.75) is 187 Å². The van der Waals surface area contributed by atoms with Crippen LogP contribution in [0.1, 0.15) is 187 Å². The minimum Gasteiger partial charge on any atom is -0.0776 e. The van der Waals surface area contributed by atoms with Crippen molar-refractivity contribution in [3.05, 3.63) is 106 Å². The molecule has 0 heteroatoms. The van der Waals surface area contributed by atoms with Gasteiger partial charge in [0.15, 0.2) is 0 Å². The maximum atomic E-state index is 2.46. The van der Waals surface area contributed by atoms with Gasteiger partial charge in [0.2, 0.25) is 0 Å². The Bertz CT molecular complexity index is 1240. The van der Waals surface area contributed by atoms with Crippen molar-refractivity contribution >= 4 is 0 Å². The maximum absolute atomic E-state index is 2.46. The average Bonchev–Trinajstić information content (AvgIpc) is 3.11. The number of rotatable bonds is 5. The van der Waals surface area contributed by atoms with Gasteiger partial charge in [0.05, 0.1) is 0 Å². The zero-order valence-electron chi connectivity index (χ0n) is 36.7. The molecule has 3 aliphatic carbocycles. The summed E-state index contributed by atoms with van der Waals surface area (Å²) in [5.41, 5.74) is 9.35. The molecule has 3 fully saturated rings. The van der Waals surface area contributed by atoms with Crippen molar-refractivity contribution in [1.82, 2.24) is 0 Å². The lowest BCUT2D eigenvalue weighted by Crippen LogP contribution is -2.34. The molecular weight excluding hydrogens is 637 g/mol. The van der Waals surface area contributed by atoms with Gasteiger partial charge in [-0.25, -0.2) is 0 Å². The van der Waals surface area contributed by atoms with Crippen LogP contribution in [-0.4, -0.2) is 0 Å². The van der Waals surface area contributed by atoms with Crippen molar-refractivity contribution in [1.29, 1.82) is 0 Å². The molecule has 3 saturated carbocycles. The summed E-state index contributed by atoms with van der Waals surface area (Å²) in [7, 11) is 0. The van der Waals surface area contributed by atoms with Crippen LogP contribution < -0.4 is 0 Å². The predicted molar refractivity (Wildman–Crippen MR) is 241 cm³/mol. The van der Waals surface area contributed by atoms with Crippen LogP contribution in [0.5, 0.6) is 0 Å². The van der Waals surface area contributed by atoms with Crippen LogP contribution in [0.15, 0.2) is 72.8 Å². The van der Waals surface area contributed by atoms with E-state index in [-0.39, 0.29) is 7.43 Å². The first-order chi connectivity index (χ1) is 24.6. The molecule has 3 aromatic rings. The van der Waals surface area contributed by atoms with E-state index < -0.39 is 0 Å². The van der Waals surface area contributed by atoms with Crippen LogP contribution in [0.25, 0.3) is 0 Å². The highest BCUT2D eigenvalue weighted by Crippen LogP contribution is 2.50. The van der Waals surface area contributed by atoms with E-state index in [9.17, 15) is 0 Å². The lowest BCUT2D eigenvalue weighted by Gasteiger charge is -2.45. The Labute approximate surface area is 332 Å². The molecule has 6 rings (SSSR count). The second kappa shape index (κ2) is 24.9. The fraction of sp³-hybridized carbons (Fsp3) is 0.660. The van der Waals surface area contributed by atoms with Gasteiger partial charge < -0.3 is 0 Å². The first kappa shape index (κ1) is 48.7. The SMILES string of the molecule is C.CC.CC1CCC(CC2CCC(C)CC2)CC1.CCC1(C)CC(C)CC(C)(C)C1.Cc1ccc(Cc2ccc(C)cc2)cc1.Cc1ccccc1C. The number of hydrogen-bond donors (Lipinski definition) is 0. The molecule has 3 aliphatic rings. The molecule has 0 radical (unpaired) electrons. The third kappa shape index (κ3) is 19.7. The Kier molecular flexibility index (Phi) is 22.9. The first-order valence-electron chi connectivity index (χ1n) is 21.8. The smallest absolute Gasteiger partial charge is 0.00258 e. The molecule has 3 aromatic carbocycles.